The first-order chi connectivity index (χ1) is 23.2. The van der Waals surface area contributed by atoms with Gasteiger partial charge >= 0.3 is 18.5 Å². The van der Waals surface area contributed by atoms with E-state index in [-0.39, 0.29) is 23.4 Å². The highest BCUT2D eigenvalue weighted by Gasteiger charge is 2.48. The molecular formula is C34H31F9N2. The third kappa shape index (κ3) is 6.67. The molecule has 5 rings (SSSR count). The zero-order chi connectivity index (χ0) is 38.2. The Kier molecular flexibility index (Phi) is 6.60. The normalized spacial score (nSPS) is 18.8. The van der Waals surface area contributed by atoms with Gasteiger partial charge in [-0.15, -0.1) is 0 Å². The number of hydrogen-bond acceptors (Lipinski definition) is 2. The van der Waals surface area contributed by atoms with Crippen LogP contribution in [0.25, 0.3) is 33.2 Å². The summed E-state index contributed by atoms with van der Waals surface area (Å²) in [5.41, 5.74) is -13.3. The number of halogens is 9. The van der Waals surface area contributed by atoms with Gasteiger partial charge in [-0.2, -0.15) is 49.7 Å². The van der Waals surface area contributed by atoms with Crippen LogP contribution in [-0.4, -0.2) is 16.4 Å². The maximum Gasteiger partial charge on any atom is 0.417 e. The molecule has 0 aliphatic heterocycles. The van der Waals surface area contributed by atoms with Crippen molar-refractivity contribution in [1.82, 2.24) is 10.2 Å². The van der Waals surface area contributed by atoms with Gasteiger partial charge in [0.15, 0.2) is 0 Å². The molecule has 0 bridgehead atoms. The molecule has 0 unspecified atom stereocenters. The molecule has 45 heavy (non-hydrogen) atoms. The summed E-state index contributed by atoms with van der Waals surface area (Å²) in [7, 11) is 0. The Balaban J connectivity index is 1.88. The molecule has 1 fully saturated rings. The number of aryl methyl sites for hydroxylation is 1. The van der Waals surface area contributed by atoms with Gasteiger partial charge in [0.2, 0.25) is 0 Å². The maximum atomic E-state index is 14.8. The number of benzene rings is 3. The molecule has 240 valence electrons. The Bertz CT molecular complexity index is 1920. The van der Waals surface area contributed by atoms with E-state index in [9.17, 15) is 40.9 Å². The minimum Gasteiger partial charge on any atom is -0.171 e. The van der Waals surface area contributed by atoms with E-state index in [2.05, 4.69) is 10.2 Å². The summed E-state index contributed by atoms with van der Waals surface area (Å²) in [5.74, 6) is -1.09. The predicted octanol–water partition coefficient (Wildman–Crippen LogP) is 11.5. The van der Waals surface area contributed by atoms with Crippen LogP contribution >= 0.6 is 0 Å². The average Bonchev–Trinajstić information content (AvgIpc) is 3.01. The van der Waals surface area contributed by atoms with Crippen LogP contribution in [0.3, 0.4) is 0 Å². The minimum absolute atomic E-state index is 0.119. The molecule has 0 saturated heterocycles. The summed E-state index contributed by atoms with van der Waals surface area (Å²) >= 11 is 0. The first-order valence-electron chi connectivity index (χ1n) is 17.0. The van der Waals surface area contributed by atoms with Gasteiger partial charge in [-0.25, -0.2) is 0 Å². The first kappa shape index (κ1) is 25.5. The molecule has 1 saturated carbocycles. The lowest BCUT2D eigenvalue weighted by atomic mass is 9.81. The van der Waals surface area contributed by atoms with Crippen LogP contribution in [0.5, 0.6) is 0 Å². The zero-order valence-corrected chi connectivity index (χ0v) is 24.0. The number of alkyl halides is 9. The summed E-state index contributed by atoms with van der Waals surface area (Å²) in [5, 5.41) is 8.77. The molecule has 0 radical (unpaired) electrons. The summed E-state index contributed by atoms with van der Waals surface area (Å²) in [4.78, 5) is 0. The summed E-state index contributed by atoms with van der Waals surface area (Å²) in [6.45, 7) is -2.82. The number of fused-ring (bicyclic) bond motifs is 1. The molecule has 3 aromatic carbocycles. The molecule has 4 aromatic rings. The molecule has 0 spiro atoms. The van der Waals surface area contributed by atoms with Crippen LogP contribution in [0.15, 0.2) is 54.6 Å². The van der Waals surface area contributed by atoms with Crippen molar-refractivity contribution < 1.29 is 47.7 Å². The van der Waals surface area contributed by atoms with E-state index in [4.69, 9.17) is 6.85 Å². The number of rotatable bonds is 5. The Hall–Kier alpha value is -3.63. The molecule has 1 aromatic heterocycles. The molecular weight excluding hydrogens is 607 g/mol. The van der Waals surface area contributed by atoms with Crippen molar-refractivity contribution in [3.8, 4) is 22.4 Å². The van der Waals surface area contributed by atoms with Crippen LogP contribution < -0.4 is 0 Å². The van der Waals surface area contributed by atoms with Gasteiger partial charge in [0, 0.05) is 24.9 Å². The zero-order valence-electron chi connectivity index (χ0n) is 30.0. The number of aromatic nitrogens is 2. The van der Waals surface area contributed by atoms with E-state index >= 15 is 0 Å². The number of nitrogens with zero attached hydrogens (tertiary/aromatic N) is 2. The van der Waals surface area contributed by atoms with Crippen molar-refractivity contribution in [3.63, 3.8) is 0 Å². The number of hydrogen-bond donors (Lipinski definition) is 0. The second kappa shape index (κ2) is 11.6. The largest absolute Gasteiger partial charge is 0.417 e. The van der Waals surface area contributed by atoms with E-state index < -0.39 is 76.6 Å². The molecule has 0 N–H and O–H groups in total. The lowest BCUT2D eigenvalue weighted by Gasteiger charge is -2.29. The Morgan fingerprint density at radius 2 is 1.44 bits per heavy atom. The van der Waals surface area contributed by atoms with Crippen LogP contribution in [0, 0.1) is 12.3 Å². The van der Waals surface area contributed by atoms with Gasteiger partial charge in [-0.1, -0.05) is 57.4 Å². The van der Waals surface area contributed by atoms with Crippen LogP contribution in [0.4, 0.5) is 39.5 Å². The molecule has 1 aliphatic carbocycles. The van der Waals surface area contributed by atoms with Crippen molar-refractivity contribution in [1.29, 1.82) is 0 Å². The Labute approximate surface area is 263 Å². The second-order valence-electron chi connectivity index (χ2n) is 11.6. The lowest BCUT2D eigenvalue weighted by molar-refractivity contribution is -0.211. The summed E-state index contributed by atoms with van der Waals surface area (Å²) < 4.78 is 180. The molecule has 0 amide bonds. The van der Waals surface area contributed by atoms with Crippen molar-refractivity contribution in [2.75, 3.05) is 0 Å². The fourth-order valence-corrected chi connectivity index (χ4v) is 5.61. The van der Waals surface area contributed by atoms with E-state index in [0.717, 1.165) is 19.3 Å². The highest BCUT2D eigenvalue weighted by Crippen LogP contribution is 2.48. The van der Waals surface area contributed by atoms with Gasteiger partial charge in [-0.3, -0.25) is 0 Å². The molecule has 2 nitrogen and oxygen atoms in total. The third-order valence-corrected chi connectivity index (χ3v) is 7.97. The van der Waals surface area contributed by atoms with Gasteiger partial charge in [-0.05, 0) is 84.2 Å². The Morgan fingerprint density at radius 1 is 0.822 bits per heavy atom. The highest BCUT2D eigenvalue weighted by molar-refractivity contribution is 5.91. The van der Waals surface area contributed by atoms with Crippen molar-refractivity contribution in [2.45, 2.75) is 83.6 Å². The van der Waals surface area contributed by atoms with Gasteiger partial charge < -0.3 is 0 Å². The van der Waals surface area contributed by atoms with Crippen molar-refractivity contribution in [3.05, 3.63) is 82.5 Å². The van der Waals surface area contributed by atoms with Gasteiger partial charge in [0.05, 0.1) is 27.9 Å². The molecule has 1 heterocycles. The molecule has 1 aliphatic rings. The second-order valence-corrected chi connectivity index (χ2v) is 11.6. The fourth-order valence-electron chi connectivity index (χ4n) is 5.61. The quantitative estimate of drug-likeness (QED) is 0.202. The van der Waals surface area contributed by atoms with Crippen LogP contribution in [0.1, 0.15) is 88.0 Å². The lowest BCUT2D eigenvalue weighted by Crippen LogP contribution is -2.34. The van der Waals surface area contributed by atoms with Crippen molar-refractivity contribution >= 4 is 10.8 Å². The molecule has 0 atom stereocenters. The third-order valence-electron chi connectivity index (χ3n) is 7.97. The van der Waals surface area contributed by atoms with E-state index in [1.165, 1.54) is 12.1 Å². The van der Waals surface area contributed by atoms with E-state index in [1.54, 1.807) is 24.3 Å². The SMILES string of the molecule is [2H]C([2H])([2H])c1nnc(-c2cc(C3([2H])CCCCC3)c3ccccc3c2)cc1-c1c(C(F)(F)F)cc(C([2H])([2H])C(C)(C)C(F)(F)F)cc1C(F)(F)F. The predicted molar refractivity (Wildman–Crippen MR) is 155 cm³/mol. The monoisotopic (exact) mass is 644 g/mol. The van der Waals surface area contributed by atoms with E-state index in [0.29, 0.717) is 49.1 Å². The summed E-state index contributed by atoms with van der Waals surface area (Å²) in [6.07, 6.45) is -17.4. The Morgan fingerprint density at radius 3 is 2.02 bits per heavy atom. The smallest absolute Gasteiger partial charge is 0.171 e. The average molecular weight is 645 g/mol. The topological polar surface area (TPSA) is 25.8 Å². The highest BCUT2D eigenvalue weighted by atomic mass is 19.4. The standard InChI is InChI=1S/C34H31F9N2/c1-19-25(30-27(32(35,36)37)13-20(14-28(30)33(38,39)40)18-31(2,3)34(41,42)43)17-29(45-44-19)23-15-22-11-7-8-12-24(22)26(16-23)21-9-5-4-6-10-21/h7-8,11-17,21H,4-6,9-10,18H2,1-3H3/i1D3,18D2,21D. The van der Waals surface area contributed by atoms with Gasteiger partial charge in [0.25, 0.3) is 0 Å². The fraction of sp³-hybridized carbons (Fsp3) is 0.412. The van der Waals surface area contributed by atoms with E-state index in [1.807, 2.05) is 0 Å². The first-order valence-corrected chi connectivity index (χ1v) is 14.0. The van der Waals surface area contributed by atoms with Gasteiger partial charge in [0.1, 0.15) is 0 Å². The molecule has 11 heteroatoms. The maximum absolute atomic E-state index is 14.8. The van der Waals surface area contributed by atoms with Crippen LogP contribution in [0.2, 0.25) is 0 Å². The summed E-state index contributed by atoms with van der Waals surface area (Å²) in [6, 6.07) is 10.4. The van der Waals surface area contributed by atoms with Crippen LogP contribution in [-0.2, 0) is 18.7 Å². The minimum atomic E-state index is -5.76. The van der Waals surface area contributed by atoms with Crippen molar-refractivity contribution in [2.24, 2.45) is 5.41 Å².